The van der Waals surface area contributed by atoms with Crippen molar-refractivity contribution in [1.82, 2.24) is 14.8 Å². The van der Waals surface area contributed by atoms with E-state index in [0.29, 0.717) is 27.5 Å². The van der Waals surface area contributed by atoms with Crippen LogP contribution in [-0.2, 0) is 4.74 Å². The van der Waals surface area contributed by atoms with Gasteiger partial charge in [0.2, 0.25) is 0 Å². The molecule has 0 amide bonds. The third kappa shape index (κ3) is 2.97. The van der Waals surface area contributed by atoms with Crippen molar-refractivity contribution >= 4 is 17.6 Å². The summed E-state index contributed by atoms with van der Waals surface area (Å²) in [5.41, 5.74) is 4.44. The van der Waals surface area contributed by atoms with Crippen LogP contribution in [0.2, 0.25) is 5.02 Å². The molecule has 2 aromatic carbocycles. The minimum Gasteiger partial charge on any atom is -0.465 e. The van der Waals surface area contributed by atoms with Crippen LogP contribution in [0.25, 0.3) is 28.1 Å². The molecule has 140 valence electrons. The van der Waals surface area contributed by atoms with Gasteiger partial charge < -0.3 is 9.72 Å². The monoisotopic (exact) mass is 393 g/mol. The summed E-state index contributed by atoms with van der Waals surface area (Å²) in [6.45, 7) is 1.91. The Hall–Kier alpha value is -3.38. The molecule has 2 aromatic rings. The van der Waals surface area contributed by atoms with E-state index in [0.717, 1.165) is 16.8 Å². The number of carbonyl (C=O) groups excluding carboxylic acids is 1. The van der Waals surface area contributed by atoms with E-state index in [-0.39, 0.29) is 5.56 Å². The minimum absolute atomic E-state index is 0.221. The van der Waals surface area contributed by atoms with Gasteiger partial charge in [0, 0.05) is 22.5 Å². The second-order valence-electron chi connectivity index (χ2n) is 6.31. The normalized spacial score (nSPS) is 11.0. The zero-order valence-electron chi connectivity index (χ0n) is 15.2. The molecule has 6 nitrogen and oxygen atoms in total. The molecule has 2 aliphatic heterocycles. The van der Waals surface area contributed by atoms with Crippen molar-refractivity contribution in [2.75, 3.05) is 7.11 Å². The summed E-state index contributed by atoms with van der Waals surface area (Å²) in [6.07, 6.45) is 1.67. The fraction of sp³-hybridized carbons (Fsp3) is 0.0952. The smallest absolute Gasteiger partial charge is 0.337 e. The number of benzene rings is 2. The second-order valence-corrected chi connectivity index (χ2v) is 6.75. The average molecular weight is 394 g/mol. The molecule has 1 N–H and O–H groups in total. The molecule has 0 fully saturated rings. The van der Waals surface area contributed by atoms with Gasteiger partial charge in [-0.05, 0) is 48.9 Å². The molecule has 7 heteroatoms. The highest BCUT2D eigenvalue weighted by molar-refractivity contribution is 6.30. The van der Waals surface area contributed by atoms with Crippen molar-refractivity contribution < 1.29 is 9.53 Å². The summed E-state index contributed by atoms with van der Waals surface area (Å²) >= 11 is 5.94. The Morgan fingerprint density at radius 2 is 1.79 bits per heavy atom. The van der Waals surface area contributed by atoms with Crippen molar-refractivity contribution in [2.24, 2.45) is 0 Å². The summed E-state index contributed by atoms with van der Waals surface area (Å²) in [5.74, 6) is -0.401. The van der Waals surface area contributed by atoms with Gasteiger partial charge >= 0.3 is 5.97 Å². The molecule has 0 aliphatic carbocycles. The molecule has 2 heterocycles. The fourth-order valence-electron chi connectivity index (χ4n) is 3.16. The number of aromatic nitrogens is 3. The number of aryl methyl sites for hydroxylation is 1. The highest BCUT2D eigenvalue weighted by atomic mass is 35.5. The summed E-state index contributed by atoms with van der Waals surface area (Å²) in [7, 11) is 1.34. The summed E-state index contributed by atoms with van der Waals surface area (Å²) in [4.78, 5) is 27.7. The van der Waals surface area contributed by atoms with E-state index in [1.165, 1.54) is 11.8 Å². The number of rotatable bonds is 3. The fourth-order valence-corrected chi connectivity index (χ4v) is 3.29. The number of esters is 1. The Labute approximate surface area is 165 Å². The van der Waals surface area contributed by atoms with Gasteiger partial charge in [0.15, 0.2) is 0 Å². The van der Waals surface area contributed by atoms with Gasteiger partial charge in [-0.1, -0.05) is 23.7 Å². The van der Waals surface area contributed by atoms with Crippen molar-refractivity contribution in [3.8, 4) is 28.1 Å². The first-order valence-corrected chi connectivity index (χ1v) is 8.93. The number of methoxy groups -OCH3 is 1. The van der Waals surface area contributed by atoms with E-state index in [1.54, 1.807) is 42.6 Å². The summed E-state index contributed by atoms with van der Waals surface area (Å²) < 4.78 is 6.10. The lowest BCUT2D eigenvalue weighted by Crippen LogP contribution is -2.14. The van der Waals surface area contributed by atoms with Crippen LogP contribution in [0.3, 0.4) is 0 Å². The molecule has 0 bridgehead atoms. The second kappa shape index (κ2) is 6.98. The molecular weight excluding hydrogens is 378 g/mol. The average Bonchev–Trinajstić information content (AvgIpc) is 3.04. The Morgan fingerprint density at radius 1 is 1.11 bits per heavy atom. The standard InChI is InChI=1S/C21H16ClN3O3/c1-12-18(13-3-5-14(6-4-13)21(27)28-2)19-17(11-23-12)20(26)25(24-19)16-9-7-15(22)8-10-16/h3-11,23H,1-2H3. The lowest BCUT2D eigenvalue weighted by atomic mass is 9.98. The number of nitrogens with zero attached hydrogens (tertiary/aromatic N) is 2. The quantitative estimate of drug-likeness (QED) is 0.532. The molecule has 0 atom stereocenters. The van der Waals surface area contributed by atoms with E-state index in [4.69, 9.17) is 16.3 Å². The van der Waals surface area contributed by atoms with Crippen molar-refractivity contribution in [3.05, 3.63) is 81.4 Å². The number of ether oxygens (including phenoxy) is 1. The molecule has 2 aliphatic rings. The van der Waals surface area contributed by atoms with E-state index in [1.807, 2.05) is 19.1 Å². The number of aromatic amines is 1. The maximum atomic E-state index is 12.9. The molecule has 0 saturated heterocycles. The van der Waals surface area contributed by atoms with Gasteiger partial charge in [-0.15, -0.1) is 0 Å². The molecule has 0 spiro atoms. The van der Waals surface area contributed by atoms with Crippen LogP contribution in [-0.4, -0.2) is 27.8 Å². The van der Waals surface area contributed by atoms with E-state index in [2.05, 4.69) is 10.1 Å². The van der Waals surface area contributed by atoms with Gasteiger partial charge in [-0.2, -0.15) is 9.78 Å². The van der Waals surface area contributed by atoms with Crippen LogP contribution in [0, 0.1) is 6.92 Å². The molecule has 0 aromatic heterocycles. The van der Waals surface area contributed by atoms with Crippen molar-refractivity contribution in [1.29, 1.82) is 0 Å². The van der Waals surface area contributed by atoms with E-state index < -0.39 is 5.97 Å². The van der Waals surface area contributed by atoms with E-state index >= 15 is 0 Å². The number of nitrogens with one attached hydrogen (secondary N) is 1. The van der Waals surface area contributed by atoms with Crippen molar-refractivity contribution in [2.45, 2.75) is 6.92 Å². The SMILES string of the molecule is COC(=O)c1ccc(-c2c3nn(-c4ccc(Cl)cc4)c(=O)c-3c[nH]c2C)cc1. The largest absolute Gasteiger partial charge is 0.465 e. The van der Waals surface area contributed by atoms with Gasteiger partial charge in [-0.25, -0.2) is 4.79 Å². The van der Waals surface area contributed by atoms with Gasteiger partial charge in [0.1, 0.15) is 5.69 Å². The van der Waals surface area contributed by atoms with Crippen LogP contribution in [0.4, 0.5) is 0 Å². The minimum atomic E-state index is -0.401. The highest BCUT2D eigenvalue weighted by Gasteiger charge is 2.22. The molecule has 0 unspecified atom stereocenters. The number of halogens is 1. The van der Waals surface area contributed by atoms with Crippen LogP contribution in [0.5, 0.6) is 0 Å². The lowest BCUT2D eigenvalue weighted by molar-refractivity contribution is 0.0601. The summed E-state index contributed by atoms with van der Waals surface area (Å²) in [5, 5.41) is 5.16. The maximum Gasteiger partial charge on any atom is 0.337 e. The Balaban J connectivity index is 1.88. The van der Waals surface area contributed by atoms with Crippen LogP contribution >= 0.6 is 11.6 Å². The number of fused-ring (bicyclic) bond motifs is 1. The number of hydrogen-bond donors (Lipinski definition) is 1. The van der Waals surface area contributed by atoms with E-state index in [9.17, 15) is 9.59 Å². The predicted molar refractivity (Wildman–Crippen MR) is 107 cm³/mol. The molecule has 0 radical (unpaired) electrons. The van der Waals surface area contributed by atoms with Crippen molar-refractivity contribution in [3.63, 3.8) is 0 Å². The first kappa shape index (κ1) is 18.0. The highest BCUT2D eigenvalue weighted by Crippen LogP contribution is 2.33. The molecule has 28 heavy (non-hydrogen) atoms. The number of H-pyrrole nitrogens is 1. The summed E-state index contributed by atoms with van der Waals surface area (Å²) in [6, 6.07) is 13.9. The first-order chi connectivity index (χ1) is 13.5. The maximum absolute atomic E-state index is 12.9. The number of carbonyl (C=O) groups is 1. The molecular formula is C21H16ClN3O3. The van der Waals surface area contributed by atoms with Gasteiger partial charge in [-0.3, -0.25) is 4.79 Å². The topological polar surface area (TPSA) is 77.0 Å². The van der Waals surface area contributed by atoms with Crippen LogP contribution < -0.4 is 5.56 Å². The molecule has 0 saturated carbocycles. The van der Waals surface area contributed by atoms with Gasteiger partial charge in [0.25, 0.3) is 5.56 Å². The third-order valence-electron chi connectivity index (χ3n) is 4.59. The number of hydrogen-bond acceptors (Lipinski definition) is 4. The van der Waals surface area contributed by atoms with Crippen LogP contribution in [0.1, 0.15) is 16.1 Å². The predicted octanol–water partition coefficient (Wildman–Crippen LogP) is 4.08. The molecule has 4 rings (SSSR count). The van der Waals surface area contributed by atoms with Crippen LogP contribution in [0.15, 0.2) is 59.5 Å². The Kier molecular flexibility index (Phi) is 4.49. The lowest BCUT2D eigenvalue weighted by Gasteiger charge is -2.10. The zero-order valence-corrected chi connectivity index (χ0v) is 15.9. The number of pyridine rings is 1. The Morgan fingerprint density at radius 3 is 2.43 bits per heavy atom. The Bertz CT molecular complexity index is 1190. The third-order valence-corrected chi connectivity index (χ3v) is 4.84. The zero-order chi connectivity index (χ0) is 19.8. The first-order valence-electron chi connectivity index (χ1n) is 8.55. The van der Waals surface area contributed by atoms with Gasteiger partial charge in [0.05, 0.1) is 23.9 Å².